The second kappa shape index (κ2) is 7.71. The van der Waals surface area contributed by atoms with Crippen molar-refractivity contribution in [1.82, 2.24) is 24.8 Å². The van der Waals surface area contributed by atoms with Gasteiger partial charge in [-0.25, -0.2) is 15.0 Å². The zero-order valence-electron chi connectivity index (χ0n) is 15.2. The van der Waals surface area contributed by atoms with Crippen molar-refractivity contribution in [3.63, 3.8) is 0 Å². The van der Waals surface area contributed by atoms with E-state index in [1.807, 2.05) is 30.3 Å². The van der Waals surface area contributed by atoms with E-state index in [0.29, 0.717) is 30.3 Å². The molecule has 1 aromatic carbocycles. The summed E-state index contributed by atoms with van der Waals surface area (Å²) in [5.74, 6) is 1.18. The van der Waals surface area contributed by atoms with Crippen LogP contribution in [0, 0.1) is 0 Å². The molecule has 0 aliphatic carbocycles. The fourth-order valence-electron chi connectivity index (χ4n) is 3.57. The molecule has 2 aromatic heterocycles. The fraction of sp³-hybridized carbons (Fsp3) is 0.350. The van der Waals surface area contributed by atoms with Gasteiger partial charge in [0.2, 0.25) is 0 Å². The first-order chi connectivity index (χ1) is 13.5. The highest BCUT2D eigenvalue weighted by atomic mass is 19.4. The van der Waals surface area contributed by atoms with Crippen molar-refractivity contribution in [2.75, 3.05) is 13.1 Å². The number of likely N-dealkylation sites (tertiary alicyclic amines) is 1. The third-order valence-electron chi connectivity index (χ3n) is 4.89. The Balaban J connectivity index is 1.53. The highest BCUT2D eigenvalue weighted by Crippen LogP contribution is 2.33. The minimum absolute atomic E-state index is 0.353. The van der Waals surface area contributed by atoms with Crippen molar-refractivity contribution in [3.05, 3.63) is 54.7 Å². The Morgan fingerprint density at radius 1 is 1.04 bits per heavy atom. The molecule has 5 nitrogen and oxygen atoms in total. The van der Waals surface area contributed by atoms with Crippen molar-refractivity contribution in [1.29, 1.82) is 0 Å². The topological polar surface area (TPSA) is 57.7 Å². The minimum atomic E-state index is -4.22. The van der Waals surface area contributed by atoms with Crippen molar-refractivity contribution < 1.29 is 13.2 Å². The predicted molar refractivity (Wildman–Crippen MR) is 99.3 cm³/mol. The predicted octanol–water partition coefficient (Wildman–Crippen LogP) is 4.62. The van der Waals surface area contributed by atoms with E-state index in [9.17, 15) is 13.2 Å². The first-order valence-corrected chi connectivity index (χ1v) is 9.23. The van der Waals surface area contributed by atoms with E-state index >= 15 is 0 Å². The molecule has 1 atom stereocenters. The quantitative estimate of drug-likeness (QED) is 0.710. The number of piperidine rings is 1. The Hall–Kier alpha value is -2.74. The molecule has 0 bridgehead atoms. The summed E-state index contributed by atoms with van der Waals surface area (Å²) in [5, 5.41) is 0. The number of hydrogen-bond acceptors (Lipinski definition) is 4. The van der Waals surface area contributed by atoms with Gasteiger partial charge in [-0.2, -0.15) is 13.2 Å². The lowest BCUT2D eigenvalue weighted by molar-refractivity contribution is -0.154. The summed E-state index contributed by atoms with van der Waals surface area (Å²) < 4.78 is 38.7. The molecule has 0 saturated carbocycles. The van der Waals surface area contributed by atoms with Gasteiger partial charge in [-0.15, -0.1) is 0 Å². The fourth-order valence-corrected chi connectivity index (χ4v) is 3.57. The van der Waals surface area contributed by atoms with E-state index in [-0.39, 0.29) is 6.04 Å². The lowest BCUT2D eigenvalue weighted by atomic mass is 10.0. The van der Waals surface area contributed by atoms with Crippen LogP contribution in [0.15, 0.2) is 48.9 Å². The van der Waals surface area contributed by atoms with Gasteiger partial charge in [-0.1, -0.05) is 36.8 Å². The Morgan fingerprint density at radius 3 is 2.50 bits per heavy atom. The van der Waals surface area contributed by atoms with Crippen LogP contribution in [-0.4, -0.2) is 44.1 Å². The highest BCUT2D eigenvalue weighted by Gasteiger charge is 2.36. The number of imidazole rings is 1. The molecule has 1 N–H and O–H groups in total. The molecule has 0 amide bonds. The van der Waals surface area contributed by atoms with Gasteiger partial charge >= 0.3 is 6.18 Å². The number of aromatic amines is 1. The summed E-state index contributed by atoms with van der Waals surface area (Å²) >= 11 is 0. The Labute approximate surface area is 160 Å². The van der Waals surface area contributed by atoms with E-state index in [1.165, 1.54) is 4.90 Å². The molecule has 0 spiro atoms. The zero-order valence-corrected chi connectivity index (χ0v) is 15.2. The Bertz CT molecular complexity index is 906. The number of nitrogens with one attached hydrogen (secondary N) is 1. The van der Waals surface area contributed by atoms with Crippen LogP contribution in [0.25, 0.3) is 22.6 Å². The maximum Gasteiger partial charge on any atom is 0.401 e. The minimum Gasteiger partial charge on any atom is -0.347 e. The molecule has 1 fully saturated rings. The van der Waals surface area contributed by atoms with E-state index in [2.05, 4.69) is 19.9 Å². The van der Waals surface area contributed by atoms with Gasteiger partial charge in [-0.05, 0) is 19.4 Å². The number of hydrogen-bond donors (Lipinski definition) is 1. The van der Waals surface area contributed by atoms with E-state index in [1.54, 1.807) is 18.6 Å². The summed E-state index contributed by atoms with van der Waals surface area (Å²) in [7, 11) is 0. The SMILES string of the molecule is FC(F)(F)CN1CCCC[C@H]1c1nc(-c2cnc(-c3ccccc3)nc2)c[nH]1. The van der Waals surface area contributed by atoms with E-state index in [4.69, 9.17) is 0 Å². The molecule has 3 aromatic rings. The number of nitrogens with zero attached hydrogens (tertiary/aromatic N) is 4. The van der Waals surface area contributed by atoms with Crippen LogP contribution in [0.1, 0.15) is 31.1 Å². The van der Waals surface area contributed by atoms with Crippen LogP contribution >= 0.6 is 0 Å². The average Bonchev–Trinajstić information content (AvgIpc) is 3.18. The molecule has 146 valence electrons. The van der Waals surface area contributed by atoms with Crippen molar-refractivity contribution >= 4 is 0 Å². The maximum atomic E-state index is 12.9. The van der Waals surface area contributed by atoms with Crippen molar-refractivity contribution in [2.24, 2.45) is 0 Å². The number of benzene rings is 1. The van der Waals surface area contributed by atoms with Crippen LogP contribution in [-0.2, 0) is 0 Å². The van der Waals surface area contributed by atoms with Crippen LogP contribution < -0.4 is 0 Å². The van der Waals surface area contributed by atoms with Gasteiger partial charge in [0.15, 0.2) is 5.82 Å². The molecule has 1 aliphatic rings. The van der Waals surface area contributed by atoms with Crippen molar-refractivity contribution in [2.45, 2.75) is 31.5 Å². The molecular formula is C20H20F3N5. The summed E-state index contributed by atoms with van der Waals surface area (Å²) in [4.78, 5) is 17.8. The third kappa shape index (κ3) is 4.22. The van der Waals surface area contributed by atoms with Gasteiger partial charge in [0.25, 0.3) is 0 Å². The normalized spacial score (nSPS) is 18.3. The largest absolute Gasteiger partial charge is 0.401 e. The zero-order chi connectivity index (χ0) is 19.6. The molecule has 1 aliphatic heterocycles. The second-order valence-electron chi connectivity index (χ2n) is 6.93. The summed E-state index contributed by atoms with van der Waals surface area (Å²) in [6.45, 7) is -0.488. The van der Waals surface area contributed by atoms with Gasteiger partial charge in [-0.3, -0.25) is 4.90 Å². The number of aromatic nitrogens is 4. The highest BCUT2D eigenvalue weighted by molar-refractivity contribution is 5.60. The molecule has 0 radical (unpaired) electrons. The number of halogens is 3. The van der Waals surface area contributed by atoms with Gasteiger partial charge in [0.1, 0.15) is 5.82 Å². The van der Waals surface area contributed by atoms with E-state index < -0.39 is 12.7 Å². The van der Waals surface area contributed by atoms with Gasteiger partial charge in [0.05, 0.1) is 18.3 Å². The molecule has 4 rings (SSSR count). The van der Waals surface area contributed by atoms with Crippen LogP contribution in [0.4, 0.5) is 13.2 Å². The standard InChI is InChI=1S/C20H20F3N5/c21-20(22,23)13-28-9-5-4-8-17(28)19-26-12-16(27-19)15-10-24-18(25-11-15)14-6-2-1-3-7-14/h1-3,6-7,10-12,17H,4-5,8-9,13H2,(H,26,27)/t17-/m0/s1. The maximum absolute atomic E-state index is 12.9. The van der Waals surface area contributed by atoms with Gasteiger partial charge in [0, 0.05) is 29.7 Å². The number of H-pyrrole nitrogens is 1. The molecular weight excluding hydrogens is 367 g/mol. The molecule has 1 saturated heterocycles. The average molecular weight is 387 g/mol. The van der Waals surface area contributed by atoms with Crippen LogP contribution in [0.5, 0.6) is 0 Å². The summed E-state index contributed by atoms with van der Waals surface area (Å²) in [6.07, 6.45) is 3.18. The first-order valence-electron chi connectivity index (χ1n) is 9.23. The monoisotopic (exact) mass is 387 g/mol. The van der Waals surface area contributed by atoms with E-state index in [0.717, 1.165) is 24.0 Å². The van der Waals surface area contributed by atoms with Crippen LogP contribution in [0.2, 0.25) is 0 Å². The third-order valence-corrected chi connectivity index (χ3v) is 4.89. The first kappa shape index (κ1) is 18.6. The second-order valence-corrected chi connectivity index (χ2v) is 6.93. The van der Waals surface area contributed by atoms with Crippen molar-refractivity contribution in [3.8, 4) is 22.6 Å². The molecule has 3 heterocycles. The Kier molecular flexibility index (Phi) is 5.13. The lowest BCUT2D eigenvalue weighted by Crippen LogP contribution is -2.40. The van der Waals surface area contributed by atoms with Crippen LogP contribution in [0.3, 0.4) is 0 Å². The molecule has 28 heavy (non-hydrogen) atoms. The number of rotatable bonds is 4. The smallest absolute Gasteiger partial charge is 0.347 e. The Morgan fingerprint density at radius 2 is 1.79 bits per heavy atom. The molecule has 8 heteroatoms. The van der Waals surface area contributed by atoms with Gasteiger partial charge < -0.3 is 4.98 Å². The summed E-state index contributed by atoms with van der Waals surface area (Å²) in [6, 6.07) is 9.28. The molecule has 0 unspecified atom stereocenters. The lowest BCUT2D eigenvalue weighted by Gasteiger charge is -2.34. The summed E-state index contributed by atoms with van der Waals surface area (Å²) in [5.41, 5.74) is 2.27. The number of alkyl halides is 3.